The molecule has 2 aliphatic rings. The molecule has 0 bridgehead atoms. The zero-order chi connectivity index (χ0) is 13.9. The summed E-state index contributed by atoms with van der Waals surface area (Å²) < 4.78 is 23.9. The fraction of sp³-hybridized carbons (Fsp3) is 1.00. The summed E-state index contributed by atoms with van der Waals surface area (Å²) in [5.41, 5.74) is 0. The molecule has 112 valence electrons. The lowest BCUT2D eigenvalue weighted by Crippen LogP contribution is -2.46. The molecule has 0 saturated carbocycles. The molecule has 2 rings (SSSR count). The van der Waals surface area contributed by atoms with E-state index in [0.29, 0.717) is 17.8 Å². The Morgan fingerprint density at radius 1 is 1.21 bits per heavy atom. The summed E-state index contributed by atoms with van der Waals surface area (Å²) >= 11 is 0. The zero-order valence-corrected chi connectivity index (χ0v) is 13.1. The van der Waals surface area contributed by atoms with E-state index in [-0.39, 0.29) is 5.25 Å². The molecule has 0 aromatic carbocycles. The number of sulfone groups is 1. The van der Waals surface area contributed by atoms with E-state index in [4.69, 9.17) is 0 Å². The molecule has 1 N–H and O–H groups in total. The van der Waals surface area contributed by atoms with Crippen molar-refractivity contribution < 1.29 is 8.42 Å². The Labute approximate surface area is 117 Å². The third-order valence-corrected chi connectivity index (χ3v) is 6.87. The Morgan fingerprint density at radius 2 is 1.95 bits per heavy atom. The maximum atomic E-state index is 11.9. The molecule has 2 fully saturated rings. The summed E-state index contributed by atoms with van der Waals surface area (Å²) in [6.45, 7) is 7.27. The first kappa shape index (κ1) is 15.3. The summed E-state index contributed by atoms with van der Waals surface area (Å²) in [5.74, 6) is 0.404. The highest BCUT2D eigenvalue weighted by Gasteiger charge is 2.33. The fourth-order valence-corrected chi connectivity index (χ4v) is 5.12. The second-order valence-electron chi connectivity index (χ2n) is 6.18. The van der Waals surface area contributed by atoms with Crippen LogP contribution < -0.4 is 5.32 Å². The van der Waals surface area contributed by atoms with Crippen LogP contribution in [0.5, 0.6) is 0 Å². The predicted molar refractivity (Wildman–Crippen MR) is 79.2 cm³/mol. The Bertz CT molecular complexity index is 383. The maximum absolute atomic E-state index is 11.9. The van der Waals surface area contributed by atoms with Gasteiger partial charge in [-0.15, -0.1) is 0 Å². The monoisotopic (exact) mass is 288 g/mol. The van der Waals surface area contributed by atoms with Crippen LogP contribution in [0.1, 0.15) is 46.0 Å². The van der Waals surface area contributed by atoms with Crippen molar-refractivity contribution in [3.8, 4) is 0 Å². The van der Waals surface area contributed by atoms with Gasteiger partial charge in [0.25, 0.3) is 0 Å². The first-order valence-corrected chi connectivity index (χ1v) is 9.42. The Kier molecular flexibility index (Phi) is 5.26. The van der Waals surface area contributed by atoms with E-state index in [2.05, 4.69) is 24.1 Å². The highest BCUT2D eigenvalue weighted by molar-refractivity contribution is 7.92. The van der Waals surface area contributed by atoms with Crippen molar-refractivity contribution in [3.63, 3.8) is 0 Å². The maximum Gasteiger partial charge on any atom is 0.154 e. The Hall–Kier alpha value is -0.130. The minimum absolute atomic E-state index is 0.102. The summed E-state index contributed by atoms with van der Waals surface area (Å²) in [7, 11) is -2.80. The van der Waals surface area contributed by atoms with E-state index in [1.54, 1.807) is 0 Å². The number of nitrogens with zero attached hydrogens (tertiary/aromatic N) is 1. The van der Waals surface area contributed by atoms with Crippen LogP contribution in [0.3, 0.4) is 0 Å². The van der Waals surface area contributed by atoms with Gasteiger partial charge in [0.15, 0.2) is 9.84 Å². The number of hydrogen-bond acceptors (Lipinski definition) is 4. The lowest BCUT2D eigenvalue weighted by Gasteiger charge is -2.33. The number of hydrogen-bond donors (Lipinski definition) is 1. The van der Waals surface area contributed by atoms with Gasteiger partial charge in [-0.3, -0.25) is 0 Å². The van der Waals surface area contributed by atoms with E-state index in [1.807, 2.05) is 0 Å². The van der Waals surface area contributed by atoms with Crippen LogP contribution in [-0.2, 0) is 9.84 Å². The molecule has 3 atom stereocenters. The molecule has 2 saturated heterocycles. The first-order valence-electron chi connectivity index (χ1n) is 7.71. The molecule has 2 aliphatic heterocycles. The second kappa shape index (κ2) is 6.55. The average molecular weight is 288 g/mol. The SMILES string of the molecule is CCC1CCN(CC2CCCS2(=O)=O)CCC(C)N1. The third kappa shape index (κ3) is 4.17. The second-order valence-corrected chi connectivity index (χ2v) is 8.58. The number of nitrogens with one attached hydrogen (secondary N) is 1. The van der Waals surface area contributed by atoms with E-state index in [9.17, 15) is 8.42 Å². The highest BCUT2D eigenvalue weighted by Crippen LogP contribution is 2.22. The van der Waals surface area contributed by atoms with Gasteiger partial charge in [0.2, 0.25) is 0 Å². The largest absolute Gasteiger partial charge is 0.311 e. The van der Waals surface area contributed by atoms with Crippen LogP contribution >= 0.6 is 0 Å². The van der Waals surface area contributed by atoms with Gasteiger partial charge in [0.1, 0.15) is 0 Å². The molecule has 2 heterocycles. The van der Waals surface area contributed by atoms with Crippen molar-refractivity contribution in [3.05, 3.63) is 0 Å². The van der Waals surface area contributed by atoms with E-state index >= 15 is 0 Å². The molecule has 0 spiro atoms. The quantitative estimate of drug-likeness (QED) is 0.853. The standard InChI is InChI=1S/C14H28N2O2S/c1-3-13-7-9-16(8-6-12(2)15-13)11-14-5-4-10-19(14,17)18/h12-15H,3-11H2,1-2H3. The van der Waals surface area contributed by atoms with Crippen LogP contribution in [0.15, 0.2) is 0 Å². The molecule has 4 nitrogen and oxygen atoms in total. The molecule has 0 amide bonds. The fourth-order valence-electron chi connectivity index (χ4n) is 3.25. The third-order valence-electron chi connectivity index (χ3n) is 4.61. The van der Waals surface area contributed by atoms with Crippen molar-refractivity contribution in [1.82, 2.24) is 10.2 Å². The molecule has 5 heteroatoms. The van der Waals surface area contributed by atoms with Crippen LogP contribution in [0.25, 0.3) is 0 Å². The molecule has 0 radical (unpaired) electrons. The van der Waals surface area contributed by atoms with Gasteiger partial charge in [0.05, 0.1) is 11.0 Å². The summed E-state index contributed by atoms with van der Waals surface area (Å²) in [6, 6.07) is 1.12. The highest BCUT2D eigenvalue weighted by atomic mass is 32.2. The molecule has 0 aliphatic carbocycles. The molecule has 19 heavy (non-hydrogen) atoms. The Balaban J connectivity index is 1.92. The molecule has 0 aromatic rings. The van der Waals surface area contributed by atoms with Gasteiger partial charge in [-0.1, -0.05) is 6.92 Å². The lowest BCUT2D eigenvalue weighted by atomic mass is 10.1. The predicted octanol–water partition coefficient (Wildman–Crippen LogP) is 1.42. The normalized spacial score (nSPS) is 36.8. The van der Waals surface area contributed by atoms with Gasteiger partial charge in [-0.25, -0.2) is 8.42 Å². The summed E-state index contributed by atoms with van der Waals surface area (Å²) in [6.07, 6.45) is 5.12. The van der Waals surface area contributed by atoms with Gasteiger partial charge in [-0.2, -0.15) is 0 Å². The smallest absolute Gasteiger partial charge is 0.154 e. The zero-order valence-electron chi connectivity index (χ0n) is 12.3. The van der Waals surface area contributed by atoms with Gasteiger partial charge < -0.3 is 10.2 Å². The molecule has 3 unspecified atom stereocenters. The minimum atomic E-state index is -2.80. The average Bonchev–Trinajstić information content (AvgIpc) is 2.67. The molecular formula is C14H28N2O2S. The summed E-state index contributed by atoms with van der Waals surface area (Å²) in [4.78, 5) is 2.38. The van der Waals surface area contributed by atoms with E-state index in [0.717, 1.165) is 51.7 Å². The van der Waals surface area contributed by atoms with Gasteiger partial charge in [0, 0.05) is 18.6 Å². The topological polar surface area (TPSA) is 49.4 Å². The minimum Gasteiger partial charge on any atom is -0.311 e. The van der Waals surface area contributed by atoms with E-state index < -0.39 is 9.84 Å². The van der Waals surface area contributed by atoms with Crippen molar-refractivity contribution in [2.45, 2.75) is 63.3 Å². The van der Waals surface area contributed by atoms with Gasteiger partial charge in [-0.05, 0) is 52.1 Å². The van der Waals surface area contributed by atoms with Crippen LogP contribution in [0, 0.1) is 0 Å². The van der Waals surface area contributed by atoms with Crippen LogP contribution in [0.2, 0.25) is 0 Å². The van der Waals surface area contributed by atoms with Crippen LogP contribution in [-0.4, -0.2) is 56.0 Å². The molecular weight excluding hydrogens is 260 g/mol. The van der Waals surface area contributed by atoms with Crippen LogP contribution in [0.4, 0.5) is 0 Å². The first-order chi connectivity index (χ1) is 9.01. The van der Waals surface area contributed by atoms with Gasteiger partial charge >= 0.3 is 0 Å². The molecule has 0 aromatic heterocycles. The van der Waals surface area contributed by atoms with E-state index in [1.165, 1.54) is 0 Å². The van der Waals surface area contributed by atoms with Crippen molar-refractivity contribution in [2.24, 2.45) is 0 Å². The van der Waals surface area contributed by atoms with Crippen molar-refractivity contribution >= 4 is 9.84 Å². The summed E-state index contributed by atoms with van der Waals surface area (Å²) in [5, 5.41) is 3.55. The van der Waals surface area contributed by atoms with Crippen molar-refractivity contribution in [2.75, 3.05) is 25.4 Å². The Morgan fingerprint density at radius 3 is 2.58 bits per heavy atom. The number of rotatable bonds is 3. The van der Waals surface area contributed by atoms with Crippen molar-refractivity contribution in [1.29, 1.82) is 0 Å². The lowest BCUT2D eigenvalue weighted by molar-refractivity contribution is 0.211.